The number of rotatable bonds is 3. The molecule has 0 heterocycles. The van der Waals surface area contributed by atoms with Gasteiger partial charge in [-0.15, -0.1) is 0 Å². The normalized spacial score (nSPS) is 9.60. The Hall–Kier alpha value is -0.120. The van der Waals surface area contributed by atoms with E-state index in [0.29, 0.717) is 6.04 Å². The van der Waals surface area contributed by atoms with Gasteiger partial charge in [0.25, 0.3) is 0 Å². The summed E-state index contributed by atoms with van der Waals surface area (Å²) in [6.45, 7) is 11.2. The number of hydrazine groups is 1. The first kappa shape index (κ1) is 12.5. The third kappa shape index (κ3) is 6.01. The number of nitrogens with zero attached hydrogens (tertiary/aromatic N) is 1. The van der Waals surface area contributed by atoms with Crippen molar-refractivity contribution >= 4 is 0 Å². The van der Waals surface area contributed by atoms with E-state index in [1.807, 2.05) is 0 Å². The molecule has 0 aliphatic carbocycles. The smallest absolute Gasteiger partial charge is 0.00383 e. The first-order valence-electron chi connectivity index (χ1n) is 3.79. The summed E-state index contributed by atoms with van der Waals surface area (Å²) >= 11 is 0. The van der Waals surface area contributed by atoms with E-state index < -0.39 is 0 Å². The molecule has 3 nitrogen and oxygen atoms in total. The predicted octanol–water partition coefficient (Wildman–Crippen LogP) is 0.555. The summed E-state index contributed by atoms with van der Waals surface area (Å²) in [5.74, 6) is 8.00. The lowest BCUT2D eigenvalue weighted by Gasteiger charge is -2.21. The molecule has 0 fully saturated rings. The zero-order chi connectivity index (χ0) is 8.57. The van der Waals surface area contributed by atoms with Crippen LogP contribution in [0, 0.1) is 0 Å². The van der Waals surface area contributed by atoms with Gasteiger partial charge < -0.3 is 4.90 Å². The van der Waals surface area contributed by atoms with Crippen molar-refractivity contribution in [1.29, 1.82) is 0 Å². The van der Waals surface area contributed by atoms with E-state index >= 15 is 0 Å². The highest BCUT2D eigenvalue weighted by Crippen LogP contribution is 1.94. The van der Waals surface area contributed by atoms with Crippen LogP contribution in [0.1, 0.15) is 27.7 Å². The van der Waals surface area contributed by atoms with Gasteiger partial charge in [0.15, 0.2) is 0 Å². The van der Waals surface area contributed by atoms with Crippen molar-refractivity contribution in [2.75, 3.05) is 13.1 Å². The number of hydrogen-bond donors (Lipinski definition) is 2. The van der Waals surface area contributed by atoms with E-state index in [9.17, 15) is 0 Å². The summed E-state index contributed by atoms with van der Waals surface area (Å²) in [7, 11) is 0. The van der Waals surface area contributed by atoms with Crippen LogP contribution in [-0.4, -0.2) is 24.0 Å². The molecule has 0 aliphatic heterocycles. The van der Waals surface area contributed by atoms with E-state index in [1.54, 1.807) is 0 Å². The summed E-state index contributed by atoms with van der Waals surface area (Å²) in [5.41, 5.74) is 0. The zero-order valence-electron chi connectivity index (χ0n) is 7.59. The van der Waals surface area contributed by atoms with Crippen LogP contribution in [0.15, 0.2) is 0 Å². The molecular weight excluding hydrogens is 126 g/mol. The van der Waals surface area contributed by atoms with E-state index in [-0.39, 0.29) is 0 Å². The third-order valence-electron chi connectivity index (χ3n) is 1.54. The van der Waals surface area contributed by atoms with Crippen molar-refractivity contribution in [3.05, 3.63) is 0 Å². The summed E-state index contributed by atoms with van der Waals surface area (Å²) in [5, 5.41) is 0. The molecule has 0 aliphatic rings. The van der Waals surface area contributed by atoms with Crippen LogP contribution in [0.3, 0.4) is 0 Å². The number of nitrogens with two attached hydrogens (primary N) is 2. The van der Waals surface area contributed by atoms with Gasteiger partial charge in [0, 0.05) is 6.04 Å². The van der Waals surface area contributed by atoms with Gasteiger partial charge in [0.05, 0.1) is 0 Å². The van der Waals surface area contributed by atoms with Crippen LogP contribution in [0.25, 0.3) is 0 Å². The van der Waals surface area contributed by atoms with Crippen molar-refractivity contribution in [3.63, 3.8) is 0 Å². The van der Waals surface area contributed by atoms with Crippen molar-refractivity contribution in [2.45, 2.75) is 33.7 Å². The Morgan fingerprint density at radius 3 is 1.40 bits per heavy atom. The standard InChI is InChI=1S/C7H17N.H4N2/c1-5-8(6-2)7(3)4;1-2/h7H,5-6H2,1-4H3;1-2H2. The van der Waals surface area contributed by atoms with E-state index in [1.165, 1.54) is 13.1 Å². The van der Waals surface area contributed by atoms with Gasteiger partial charge in [-0.2, -0.15) is 0 Å². The molecule has 0 aromatic rings. The monoisotopic (exact) mass is 147 g/mol. The molecule has 0 aromatic carbocycles. The molecule has 10 heavy (non-hydrogen) atoms. The van der Waals surface area contributed by atoms with Crippen molar-refractivity contribution in [2.24, 2.45) is 11.7 Å². The van der Waals surface area contributed by atoms with Crippen LogP contribution in [0.4, 0.5) is 0 Å². The van der Waals surface area contributed by atoms with Crippen molar-refractivity contribution in [1.82, 2.24) is 4.90 Å². The lowest BCUT2D eigenvalue weighted by atomic mass is 10.3. The summed E-state index contributed by atoms with van der Waals surface area (Å²) in [6, 6.07) is 0.713. The lowest BCUT2D eigenvalue weighted by Crippen LogP contribution is -2.29. The van der Waals surface area contributed by atoms with Crippen LogP contribution in [0.2, 0.25) is 0 Å². The van der Waals surface area contributed by atoms with Crippen LogP contribution >= 0.6 is 0 Å². The fraction of sp³-hybridized carbons (Fsp3) is 1.00. The van der Waals surface area contributed by atoms with Gasteiger partial charge in [-0.05, 0) is 26.9 Å². The van der Waals surface area contributed by atoms with E-state index in [0.717, 1.165) is 0 Å². The van der Waals surface area contributed by atoms with Gasteiger partial charge in [-0.3, -0.25) is 11.7 Å². The Balaban J connectivity index is 0. The Kier molecular flexibility index (Phi) is 11.1. The van der Waals surface area contributed by atoms with Gasteiger partial charge in [-0.25, -0.2) is 0 Å². The highest BCUT2D eigenvalue weighted by molar-refractivity contribution is 4.56. The molecule has 0 spiro atoms. The molecular formula is C7H21N3. The summed E-state index contributed by atoms with van der Waals surface area (Å²) in [4.78, 5) is 2.42. The second-order valence-electron chi connectivity index (χ2n) is 2.31. The molecule has 0 amide bonds. The molecule has 0 rings (SSSR count). The summed E-state index contributed by atoms with van der Waals surface area (Å²) in [6.07, 6.45) is 0. The molecule has 0 saturated heterocycles. The van der Waals surface area contributed by atoms with Gasteiger partial charge in [0.2, 0.25) is 0 Å². The highest BCUT2D eigenvalue weighted by Gasteiger charge is 2.00. The average Bonchev–Trinajstić information content (AvgIpc) is 1.94. The molecule has 4 N–H and O–H groups in total. The van der Waals surface area contributed by atoms with Gasteiger partial charge >= 0.3 is 0 Å². The minimum Gasteiger partial charge on any atom is -0.301 e. The molecule has 3 heteroatoms. The maximum Gasteiger partial charge on any atom is 0.00383 e. The second kappa shape index (κ2) is 8.88. The third-order valence-corrected chi connectivity index (χ3v) is 1.54. The minimum atomic E-state index is 0.713. The van der Waals surface area contributed by atoms with Crippen molar-refractivity contribution < 1.29 is 0 Å². The van der Waals surface area contributed by atoms with Gasteiger partial charge in [-0.1, -0.05) is 13.8 Å². The maximum atomic E-state index is 4.00. The van der Waals surface area contributed by atoms with E-state index in [4.69, 9.17) is 0 Å². The molecule has 0 unspecified atom stereocenters. The van der Waals surface area contributed by atoms with Crippen LogP contribution in [0.5, 0.6) is 0 Å². The summed E-state index contributed by atoms with van der Waals surface area (Å²) < 4.78 is 0. The highest BCUT2D eigenvalue weighted by atomic mass is 15.1. The average molecular weight is 147 g/mol. The maximum absolute atomic E-state index is 4.00. The topological polar surface area (TPSA) is 55.3 Å². The predicted molar refractivity (Wildman–Crippen MR) is 46.4 cm³/mol. The molecule has 0 radical (unpaired) electrons. The Morgan fingerprint density at radius 2 is 1.40 bits per heavy atom. The molecule has 64 valence electrons. The Labute approximate surface area is 64.3 Å². The van der Waals surface area contributed by atoms with Gasteiger partial charge in [0.1, 0.15) is 0 Å². The Bertz CT molecular complexity index is 50.8. The lowest BCUT2D eigenvalue weighted by molar-refractivity contribution is 0.246. The SMILES string of the molecule is CCN(CC)C(C)C.NN. The zero-order valence-corrected chi connectivity index (χ0v) is 7.59. The van der Waals surface area contributed by atoms with E-state index in [2.05, 4.69) is 44.3 Å². The number of hydrogen-bond acceptors (Lipinski definition) is 3. The van der Waals surface area contributed by atoms with Crippen LogP contribution in [-0.2, 0) is 0 Å². The fourth-order valence-corrected chi connectivity index (χ4v) is 0.954. The largest absolute Gasteiger partial charge is 0.301 e. The second-order valence-corrected chi connectivity index (χ2v) is 2.31. The van der Waals surface area contributed by atoms with Crippen molar-refractivity contribution in [3.8, 4) is 0 Å². The quantitative estimate of drug-likeness (QED) is 0.453. The minimum absolute atomic E-state index is 0.713. The molecule has 0 bridgehead atoms. The van der Waals surface area contributed by atoms with Crippen LogP contribution < -0.4 is 11.7 Å². The Morgan fingerprint density at radius 1 is 1.10 bits per heavy atom. The fourth-order valence-electron chi connectivity index (χ4n) is 0.954. The first-order chi connectivity index (χ1) is 4.72. The molecule has 0 saturated carbocycles. The first-order valence-corrected chi connectivity index (χ1v) is 3.79. The molecule has 0 atom stereocenters. The molecule has 0 aromatic heterocycles.